The van der Waals surface area contributed by atoms with Gasteiger partial charge in [0.1, 0.15) is 0 Å². The second-order valence-corrected chi connectivity index (χ2v) is 17.2. The second kappa shape index (κ2) is 14.1. The van der Waals surface area contributed by atoms with E-state index < -0.39 is 0 Å². The van der Waals surface area contributed by atoms with E-state index in [0.717, 1.165) is 17.1 Å². The van der Waals surface area contributed by atoms with Gasteiger partial charge in [0.15, 0.2) is 0 Å². The highest BCUT2D eigenvalue weighted by Crippen LogP contribution is 2.50. The summed E-state index contributed by atoms with van der Waals surface area (Å²) in [7, 11) is 0. The molecule has 1 aliphatic rings. The van der Waals surface area contributed by atoms with Gasteiger partial charge >= 0.3 is 0 Å². The molecule has 1 aliphatic carbocycles. The van der Waals surface area contributed by atoms with Crippen molar-refractivity contribution in [3.05, 3.63) is 223 Å². The molecule has 0 bridgehead atoms. The number of nitrogens with zero attached hydrogens (tertiary/aromatic N) is 1. The fraction of sp³-hybridized carbons (Fsp3) is 0.0526. The molecule has 280 valence electrons. The zero-order valence-corrected chi connectivity index (χ0v) is 33.9. The van der Waals surface area contributed by atoms with Gasteiger partial charge in [0.2, 0.25) is 0 Å². The number of benzene rings is 9. The molecular formula is C57H41NS. The Morgan fingerprint density at radius 1 is 0.339 bits per heavy atom. The van der Waals surface area contributed by atoms with Gasteiger partial charge in [-0.3, -0.25) is 0 Å². The number of hydrogen-bond donors (Lipinski definition) is 0. The lowest BCUT2D eigenvalue weighted by Crippen LogP contribution is -2.14. The Bertz CT molecular complexity index is 3210. The summed E-state index contributed by atoms with van der Waals surface area (Å²) >= 11 is 1.87. The second-order valence-electron chi connectivity index (χ2n) is 16.1. The molecule has 9 aromatic carbocycles. The Kier molecular flexibility index (Phi) is 8.43. The van der Waals surface area contributed by atoms with E-state index in [1.54, 1.807) is 0 Å². The highest BCUT2D eigenvalue weighted by molar-refractivity contribution is 7.25. The van der Waals surface area contributed by atoms with E-state index >= 15 is 0 Å². The molecule has 0 saturated carbocycles. The van der Waals surface area contributed by atoms with Crippen LogP contribution in [0.15, 0.2) is 212 Å². The monoisotopic (exact) mass is 771 g/mol. The molecule has 0 saturated heterocycles. The molecule has 1 nitrogen and oxygen atoms in total. The van der Waals surface area contributed by atoms with E-state index in [1.165, 1.54) is 86.9 Å². The fourth-order valence-electron chi connectivity index (χ4n) is 9.29. The van der Waals surface area contributed by atoms with Gasteiger partial charge in [-0.05, 0) is 116 Å². The smallest absolute Gasteiger partial charge is 0.0540 e. The molecule has 0 spiro atoms. The minimum Gasteiger partial charge on any atom is -0.310 e. The summed E-state index contributed by atoms with van der Waals surface area (Å²) in [6.45, 7) is 4.68. The molecule has 0 fully saturated rings. The van der Waals surface area contributed by atoms with Crippen LogP contribution in [0.25, 0.3) is 75.8 Å². The van der Waals surface area contributed by atoms with Crippen molar-refractivity contribution in [3.8, 4) is 55.6 Å². The molecule has 0 aliphatic heterocycles. The molecule has 11 rings (SSSR count). The molecule has 0 N–H and O–H groups in total. The fourth-order valence-corrected chi connectivity index (χ4v) is 10.4. The van der Waals surface area contributed by atoms with E-state index in [9.17, 15) is 0 Å². The van der Waals surface area contributed by atoms with Gasteiger partial charge in [0.05, 0.1) is 5.69 Å². The average molecular weight is 772 g/mol. The van der Waals surface area contributed by atoms with Crippen LogP contribution in [-0.4, -0.2) is 0 Å². The SMILES string of the molecule is CC1(C)c2ccccc2-c2cc(-c3cccc(-c4cccc(N(c5cccc(-c6ccccc6)c5)c5ccccc5-c5ccc6c(c5)sc5ccccc56)c4)c3)ccc21. The summed E-state index contributed by atoms with van der Waals surface area (Å²) in [5.41, 5.74) is 18.4. The van der Waals surface area contributed by atoms with Gasteiger partial charge in [-0.15, -0.1) is 11.3 Å². The Balaban J connectivity index is 1.03. The van der Waals surface area contributed by atoms with E-state index in [2.05, 4.69) is 231 Å². The van der Waals surface area contributed by atoms with Crippen LogP contribution in [0, 0.1) is 0 Å². The normalized spacial score (nSPS) is 12.7. The minimum atomic E-state index is -0.0107. The lowest BCUT2D eigenvalue weighted by Gasteiger charge is -2.29. The Morgan fingerprint density at radius 3 is 1.66 bits per heavy atom. The van der Waals surface area contributed by atoms with Crippen LogP contribution in [0.3, 0.4) is 0 Å². The average Bonchev–Trinajstić information content (AvgIpc) is 3.78. The quantitative estimate of drug-likeness (QED) is 0.156. The molecule has 0 radical (unpaired) electrons. The standard InChI is InChI=1S/C57H41NS/c1-57(2)52-26-9-6-24-48(52)51-36-43(30-32-53(51)57)40-18-12-17-39(33-40)42-20-14-22-46(35-42)58(45-21-13-19-41(34-45)38-15-4-3-5-16-38)54-27-10-7-23-47(54)44-29-31-50-49-25-8-11-28-55(49)59-56(50)37-44/h3-37H,1-2H3. The van der Waals surface area contributed by atoms with E-state index in [4.69, 9.17) is 0 Å². The van der Waals surface area contributed by atoms with Crippen molar-refractivity contribution in [1.82, 2.24) is 0 Å². The predicted octanol–water partition coefficient (Wildman–Crippen LogP) is 16.5. The number of rotatable bonds is 7. The van der Waals surface area contributed by atoms with Crippen molar-refractivity contribution in [3.63, 3.8) is 0 Å². The number of thiophene rings is 1. The van der Waals surface area contributed by atoms with Gasteiger partial charge in [-0.25, -0.2) is 0 Å². The molecule has 2 heteroatoms. The van der Waals surface area contributed by atoms with Crippen molar-refractivity contribution in [2.24, 2.45) is 0 Å². The van der Waals surface area contributed by atoms with Crippen LogP contribution >= 0.6 is 11.3 Å². The highest BCUT2D eigenvalue weighted by Gasteiger charge is 2.35. The van der Waals surface area contributed by atoms with Crippen LogP contribution in [0.2, 0.25) is 0 Å². The highest BCUT2D eigenvalue weighted by atomic mass is 32.1. The summed E-state index contributed by atoms with van der Waals surface area (Å²) in [4.78, 5) is 2.43. The van der Waals surface area contributed by atoms with Crippen molar-refractivity contribution < 1.29 is 0 Å². The van der Waals surface area contributed by atoms with E-state index in [-0.39, 0.29) is 5.41 Å². The number of anilines is 3. The molecule has 0 amide bonds. The Hall–Kier alpha value is -7.00. The first kappa shape index (κ1) is 35.2. The lowest BCUT2D eigenvalue weighted by molar-refractivity contribution is 0.660. The molecule has 59 heavy (non-hydrogen) atoms. The first-order valence-corrected chi connectivity index (χ1v) is 21.2. The zero-order chi connectivity index (χ0) is 39.5. The molecule has 0 unspecified atom stereocenters. The summed E-state index contributed by atoms with van der Waals surface area (Å²) in [5.74, 6) is 0. The third-order valence-electron chi connectivity index (χ3n) is 12.3. The molecular weight excluding hydrogens is 731 g/mol. The van der Waals surface area contributed by atoms with E-state index in [0.29, 0.717) is 0 Å². The maximum Gasteiger partial charge on any atom is 0.0540 e. The van der Waals surface area contributed by atoms with Crippen LogP contribution in [0.5, 0.6) is 0 Å². The van der Waals surface area contributed by atoms with Gasteiger partial charge in [-0.1, -0.05) is 172 Å². The van der Waals surface area contributed by atoms with Crippen molar-refractivity contribution >= 4 is 48.6 Å². The lowest BCUT2D eigenvalue weighted by atomic mass is 9.82. The van der Waals surface area contributed by atoms with Crippen LogP contribution in [0.4, 0.5) is 17.1 Å². The minimum absolute atomic E-state index is 0.0107. The maximum absolute atomic E-state index is 2.43. The summed E-state index contributed by atoms with van der Waals surface area (Å²) in [5, 5.41) is 2.63. The predicted molar refractivity (Wildman–Crippen MR) is 253 cm³/mol. The summed E-state index contributed by atoms with van der Waals surface area (Å²) < 4.78 is 2.62. The maximum atomic E-state index is 2.43. The van der Waals surface area contributed by atoms with Crippen molar-refractivity contribution in [2.75, 3.05) is 4.90 Å². The topological polar surface area (TPSA) is 3.24 Å². The van der Waals surface area contributed by atoms with Gasteiger partial charge in [0.25, 0.3) is 0 Å². The number of fused-ring (bicyclic) bond motifs is 6. The Morgan fingerprint density at radius 2 is 0.881 bits per heavy atom. The Labute approximate surface area is 350 Å². The van der Waals surface area contributed by atoms with Gasteiger partial charge in [-0.2, -0.15) is 0 Å². The largest absolute Gasteiger partial charge is 0.310 e. The molecule has 1 heterocycles. The summed E-state index contributed by atoms with van der Waals surface area (Å²) in [6, 6.07) is 78.1. The summed E-state index contributed by atoms with van der Waals surface area (Å²) in [6.07, 6.45) is 0. The van der Waals surface area contributed by atoms with Gasteiger partial charge < -0.3 is 4.90 Å². The van der Waals surface area contributed by atoms with Crippen LogP contribution in [-0.2, 0) is 5.41 Å². The van der Waals surface area contributed by atoms with Gasteiger partial charge in [0, 0.05) is 42.5 Å². The molecule has 0 atom stereocenters. The van der Waals surface area contributed by atoms with Crippen LogP contribution < -0.4 is 4.90 Å². The van der Waals surface area contributed by atoms with Crippen molar-refractivity contribution in [1.29, 1.82) is 0 Å². The number of para-hydroxylation sites is 1. The molecule has 10 aromatic rings. The van der Waals surface area contributed by atoms with E-state index in [1.807, 2.05) is 11.3 Å². The third kappa shape index (κ3) is 6.07. The zero-order valence-electron chi connectivity index (χ0n) is 33.1. The molecule has 1 aromatic heterocycles. The van der Waals surface area contributed by atoms with Crippen LogP contribution in [0.1, 0.15) is 25.0 Å². The third-order valence-corrected chi connectivity index (χ3v) is 13.4. The van der Waals surface area contributed by atoms with Crippen molar-refractivity contribution in [2.45, 2.75) is 19.3 Å². The number of hydrogen-bond acceptors (Lipinski definition) is 2. The first-order chi connectivity index (χ1) is 29.0. The first-order valence-electron chi connectivity index (χ1n) is 20.4.